The van der Waals surface area contributed by atoms with Gasteiger partial charge in [0.1, 0.15) is 0 Å². The van der Waals surface area contributed by atoms with E-state index in [1.165, 1.54) is 0 Å². The lowest BCUT2D eigenvalue weighted by Gasteiger charge is -2.32. The van der Waals surface area contributed by atoms with Crippen molar-refractivity contribution in [3.63, 3.8) is 0 Å². The van der Waals surface area contributed by atoms with Crippen LogP contribution in [-0.4, -0.2) is 35.0 Å². The first-order valence-corrected chi connectivity index (χ1v) is 7.02. The molecule has 0 aliphatic carbocycles. The lowest BCUT2D eigenvalue weighted by atomic mass is 9.91. The number of carboxylic acid groups (broad SMARTS) is 1. The predicted octanol–water partition coefficient (Wildman–Crippen LogP) is 2.53. The number of likely N-dealkylation sites (tertiary alicyclic amines) is 1. The van der Waals surface area contributed by atoms with Gasteiger partial charge >= 0.3 is 5.97 Å². The van der Waals surface area contributed by atoms with Crippen LogP contribution in [0.3, 0.4) is 0 Å². The highest BCUT2D eigenvalue weighted by atomic mass is 16.4. The van der Waals surface area contributed by atoms with Crippen LogP contribution in [0.1, 0.15) is 52.4 Å². The van der Waals surface area contributed by atoms with Crippen molar-refractivity contribution in [2.45, 2.75) is 52.4 Å². The fourth-order valence-corrected chi connectivity index (χ4v) is 2.37. The molecule has 0 aromatic rings. The number of rotatable bonds is 6. The Balaban J connectivity index is 2.26. The molecule has 0 spiro atoms. The molecule has 1 N–H and O–H groups in total. The number of carbonyl (C=O) groups excluding carboxylic acids is 1. The fourth-order valence-electron chi connectivity index (χ4n) is 2.37. The molecule has 104 valence electrons. The summed E-state index contributed by atoms with van der Waals surface area (Å²) >= 11 is 0. The van der Waals surface area contributed by atoms with Crippen LogP contribution in [0.25, 0.3) is 0 Å². The molecule has 1 aliphatic rings. The Kier molecular flexibility index (Phi) is 6.16. The van der Waals surface area contributed by atoms with Crippen LogP contribution < -0.4 is 0 Å². The highest BCUT2D eigenvalue weighted by Gasteiger charge is 2.23. The third-order valence-corrected chi connectivity index (χ3v) is 3.95. The second-order valence-corrected chi connectivity index (χ2v) is 5.47. The number of carboxylic acids is 1. The van der Waals surface area contributed by atoms with Crippen LogP contribution in [0.2, 0.25) is 0 Å². The van der Waals surface area contributed by atoms with Gasteiger partial charge in [-0.1, -0.05) is 20.3 Å². The van der Waals surface area contributed by atoms with Crippen LogP contribution in [0, 0.1) is 11.8 Å². The zero-order valence-electron chi connectivity index (χ0n) is 11.5. The van der Waals surface area contributed by atoms with E-state index in [2.05, 4.69) is 13.8 Å². The van der Waals surface area contributed by atoms with Crippen LogP contribution in [0.5, 0.6) is 0 Å². The summed E-state index contributed by atoms with van der Waals surface area (Å²) in [6.07, 6.45) is 4.62. The Morgan fingerprint density at radius 2 is 1.94 bits per heavy atom. The summed E-state index contributed by atoms with van der Waals surface area (Å²) < 4.78 is 0. The van der Waals surface area contributed by atoms with Gasteiger partial charge in [-0.15, -0.1) is 0 Å². The van der Waals surface area contributed by atoms with E-state index in [9.17, 15) is 9.59 Å². The number of hydrogen-bond acceptors (Lipinski definition) is 2. The molecule has 0 saturated carbocycles. The Labute approximate surface area is 109 Å². The molecule has 4 nitrogen and oxygen atoms in total. The molecular weight excluding hydrogens is 230 g/mol. The van der Waals surface area contributed by atoms with E-state index in [0.717, 1.165) is 38.8 Å². The summed E-state index contributed by atoms with van der Waals surface area (Å²) in [5.74, 6) is 0.488. The zero-order valence-corrected chi connectivity index (χ0v) is 11.5. The van der Waals surface area contributed by atoms with E-state index in [0.29, 0.717) is 18.3 Å². The third kappa shape index (κ3) is 5.07. The highest BCUT2D eigenvalue weighted by Crippen LogP contribution is 2.23. The maximum absolute atomic E-state index is 12.0. The molecule has 18 heavy (non-hydrogen) atoms. The normalized spacial score (nSPS) is 18.7. The van der Waals surface area contributed by atoms with Crippen LogP contribution in [0.4, 0.5) is 0 Å². The van der Waals surface area contributed by atoms with Crippen LogP contribution in [0.15, 0.2) is 0 Å². The number of nitrogens with zero attached hydrogens (tertiary/aromatic N) is 1. The predicted molar refractivity (Wildman–Crippen MR) is 70.2 cm³/mol. The van der Waals surface area contributed by atoms with E-state index in [1.54, 1.807) is 0 Å². The minimum absolute atomic E-state index is 0.255. The Bertz CT molecular complexity index is 283. The summed E-state index contributed by atoms with van der Waals surface area (Å²) in [5.41, 5.74) is 0. The van der Waals surface area contributed by atoms with E-state index < -0.39 is 5.97 Å². The third-order valence-electron chi connectivity index (χ3n) is 3.95. The minimum atomic E-state index is -0.717. The topological polar surface area (TPSA) is 57.6 Å². The van der Waals surface area contributed by atoms with Crippen LogP contribution in [-0.2, 0) is 9.59 Å². The second kappa shape index (κ2) is 7.39. The molecule has 0 radical (unpaired) electrons. The van der Waals surface area contributed by atoms with Gasteiger partial charge in [0.15, 0.2) is 0 Å². The molecule has 0 aromatic heterocycles. The van der Waals surface area contributed by atoms with Gasteiger partial charge < -0.3 is 10.0 Å². The Hall–Kier alpha value is -1.06. The number of aliphatic carboxylic acids is 1. The molecule has 1 amide bonds. The van der Waals surface area contributed by atoms with E-state index in [4.69, 9.17) is 5.11 Å². The van der Waals surface area contributed by atoms with Gasteiger partial charge in [-0.25, -0.2) is 0 Å². The quantitative estimate of drug-likeness (QED) is 0.793. The fraction of sp³-hybridized carbons (Fsp3) is 0.857. The summed E-state index contributed by atoms with van der Waals surface area (Å²) in [6, 6.07) is 0. The second-order valence-electron chi connectivity index (χ2n) is 5.47. The summed E-state index contributed by atoms with van der Waals surface area (Å²) in [6.45, 7) is 5.83. The largest absolute Gasteiger partial charge is 0.481 e. The molecule has 1 unspecified atom stereocenters. The average molecular weight is 255 g/mol. The maximum Gasteiger partial charge on any atom is 0.303 e. The van der Waals surface area contributed by atoms with Gasteiger partial charge in [-0.3, -0.25) is 9.59 Å². The number of piperidine rings is 1. The van der Waals surface area contributed by atoms with Crippen molar-refractivity contribution in [3.8, 4) is 0 Å². The van der Waals surface area contributed by atoms with E-state index in [-0.39, 0.29) is 12.3 Å². The monoisotopic (exact) mass is 255 g/mol. The molecule has 1 saturated heterocycles. The number of amides is 1. The molecule has 4 heteroatoms. The van der Waals surface area contributed by atoms with Gasteiger partial charge in [0.2, 0.25) is 5.91 Å². The summed E-state index contributed by atoms with van der Waals surface area (Å²) in [4.78, 5) is 24.4. The smallest absolute Gasteiger partial charge is 0.303 e. The molecule has 1 rings (SSSR count). The van der Waals surface area contributed by atoms with Gasteiger partial charge in [0, 0.05) is 25.9 Å². The maximum atomic E-state index is 12.0. The SMILES string of the molecule is CCC(C)CC(=O)N1CCC(CCC(=O)O)CC1. The van der Waals surface area contributed by atoms with E-state index in [1.807, 2.05) is 4.90 Å². The summed E-state index contributed by atoms with van der Waals surface area (Å²) in [7, 11) is 0. The minimum Gasteiger partial charge on any atom is -0.481 e. The van der Waals surface area contributed by atoms with Gasteiger partial charge in [0.25, 0.3) is 0 Å². The number of hydrogen-bond donors (Lipinski definition) is 1. The van der Waals surface area contributed by atoms with Crippen molar-refractivity contribution in [1.29, 1.82) is 0 Å². The first-order chi connectivity index (χ1) is 8.52. The molecule has 1 aliphatic heterocycles. The first-order valence-electron chi connectivity index (χ1n) is 7.02. The van der Waals surface area contributed by atoms with Gasteiger partial charge in [0.05, 0.1) is 0 Å². The van der Waals surface area contributed by atoms with Crippen molar-refractivity contribution in [1.82, 2.24) is 4.90 Å². The van der Waals surface area contributed by atoms with Crippen molar-refractivity contribution in [2.24, 2.45) is 11.8 Å². The number of carbonyl (C=O) groups is 2. The molecular formula is C14H25NO3. The van der Waals surface area contributed by atoms with Crippen molar-refractivity contribution >= 4 is 11.9 Å². The lowest BCUT2D eigenvalue weighted by Crippen LogP contribution is -2.39. The molecule has 0 bridgehead atoms. The highest BCUT2D eigenvalue weighted by molar-refractivity contribution is 5.76. The van der Waals surface area contributed by atoms with Crippen LogP contribution >= 0.6 is 0 Å². The Morgan fingerprint density at radius 1 is 1.33 bits per heavy atom. The zero-order chi connectivity index (χ0) is 13.5. The van der Waals surface area contributed by atoms with Crippen molar-refractivity contribution in [3.05, 3.63) is 0 Å². The van der Waals surface area contributed by atoms with Gasteiger partial charge in [-0.05, 0) is 31.1 Å². The molecule has 1 heterocycles. The standard InChI is InChI=1S/C14H25NO3/c1-3-11(2)10-13(16)15-8-6-12(7-9-15)4-5-14(17)18/h11-12H,3-10H2,1-2H3,(H,17,18). The van der Waals surface area contributed by atoms with Gasteiger partial charge in [-0.2, -0.15) is 0 Å². The van der Waals surface area contributed by atoms with E-state index >= 15 is 0 Å². The molecule has 1 atom stereocenters. The van der Waals surface area contributed by atoms with Crippen molar-refractivity contribution in [2.75, 3.05) is 13.1 Å². The first kappa shape index (κ1) is 15.0. The Morgan fingerprint density at radius 3 is 2.44 bits per heavy atom. The molecule has 0 aromatic carbocycles. The lowest BCUT2D eigenvalue weighted by molar-refractivity contribution is -0.138. The summed E-state index contributed by atoms with van der Waals surface area (Å²) in [5, 5.41) is 8.65. The molecule has 1 fully saturated rings. The average Bonchev–Trinajstić information content (AvgIpc) is 2.36. The van der Waals surface area contributed by atoms with Crippen molar-refractivity contribution < 1.29 is 14.7 Å².